The molecule has 0 spiro atoms. The molecule has 2 aromatic carbocycles. The molecule has 0 atom stereocenters. The fraction of sp³-hybridized carbons (Fsp3) is 0.280. The highest BCUT2D eigenvalue weighted by Gasteiger charge is 2.16. The molecule has 11 nitrogen and oxygen atoms in total. The van der Waals surface area contributed by atoms with Crippen LogP contribution in [0.1, 0.15) is 18.1 Å². The number of amides is 2. The van der Waals surface area contributed by atoms with E-state index in [9.17, 15) is 19.7 Å². The van der Waals surface area contributed by atoms with Crippen LogP contribution in [0.15, 0.2) is 54.6 Å². The second-order valence-electron chi connectivity index (χ2n) is 7.98. The summed E-state index contributed by atoms with van der Waals surface area (Å²) in [7, 11) is 0. The fourth-order valence-corrected chi connectivity index (χ4v) is 3.45. The molecule has 0 saturated carbocycles. The molecule has 188 valence electrons. The minimum atomic E-state index is -0.492. The van der Waals surface area contributed by atoms with Gasteiger partial charge in [-0.25, -0.2) is 9.97 Å². The molecular formula is C25H29N7O4. The highest BCUT2D eigenvalue weighted by atomic mass is 16.6. The lowest BCUT2D eigenvalue weighted by atomic mass is 10.1. The summed E-state index contributed by atoms with van der Waals surface area (Å²) in [6, 6.07) is 15.7. The van der Waals surface area contributed by atoms with Crippen molar-refractivity contribution in [2.24, 2.45) is 0 Å². The molecule has 0 aliphatic carbocycles. The van der Waals surface area contributed by atoms with Gasteiger partial charge in [0.1, 0.15) is 11.6 Å². The molecule has 36 heavy (non-hydrogen) atoms. The van der Waals surface area contributed by atoms with E-state index in [0.717, 1.165) is 11.1 Å². The lowest BCUT2D eigenvalue weighted by Crippen LogP contribution is -2.30. The summed E-state index contributed by atoms with van der Waals surface area (Å²) in [5.41, 5.74) is 1.93. The number of benzene rings is 2. The van der Waals surface area contributed by atoms with E-state index in [4.69, 9.17) is 0 Å². The van der Waals surface area contributed by atoms with E-state index in [-0.39, 0.29) is 23.9 Å². The first kappa shape index (κ1) is 26.1. The minimum absolute atomic E-state index is 0.0747. The van der Waals surface area contributed by atoms with Crippen molar-refractivity contribution in [1.29, 1.82) is 0 Å². The van der Waals surface area contributed by atoms with Crippen molar-refractivity contribution in [3.63, 3.8) is 0 Å². The zero-order chi connectivity index (χ0) is 25.9. The smallest absolute Gasteiger partial charge is 0.273 e. The SMILES string of the molecule is CC(=O)NCCNc1nc(-c2ccccc2)nc(NCCNC(=O)Cc2ccccc2[N+](=O)[O-])c1C. The maximum atomic E-state index is 12.3. The standard InChI is InChI=1S/C25H29N7O4/c1-17-23(28-14-12-26-18(2)33)30-25(19-8-4-3-5-9-19)31-24(17)29-15-13-27-22(34)16-20-10-6-7-11-21(20)32(35)36/h3-11H,12-16H2,1-2H3,(H,26,33)(H,27,34)(H2,28,29,30,31). The van der Waals surface area contributed by atoms with Gasteiger partial charge in [0, 0.05) is 55.9 Å². The van der Waals surface area contributed by atoms with Crippen LogP contribution in [-0.2, 0) is 16.0 Å². The van der Waals surface area contributed by atoms with E-state index in [2.05, 4.69) is 31.2 Å². The molecule has 11 heteroatoms. The Morgan fingerprint density at radius 2 is 1.44 bits per heavy atom. The number of rotatable bonds is 12. The van der Waals surface area contributed by atoms with Crippen LogP contribution in [0.5, 0.6) is 0 Å². The molecule has 1 aromatic heterocycles. The lowest BCUT2D eigenvalue weighted by molar-refractivity contribution is -0.385. The van der Waals surface area contributed by atoms with Crippen molar-refractivity contribution in [3.05, 3.63) is 75.8 Å². The minimum Gasteiger partial charge on any atom is -0.368 e. The maximum absolute atomic E-state index is 12.3. The molecule has 3 rings (SSSR count). The molecule has 3 aromatic rings. The summed E-state index contributed by atoms with van der Waals surface area (Å²) < 4.78 is 0. The fourth-order valence-electron chi connectivity index (χ4n) is 3.45. The molecule has 0 saturated heterocycles. The quantitative estimate of drug-likeness (QED) is 0.171. The van der Waals surface area contributed by atoms with Crippen LogP contribution in [0, 0.1) is 17.0 Å². The summed E-state index contributed by atoms with van der Waals surface area (Å²) in [5, 5.41) is 23.1. The number of hydrogen-bond acceptors (Lipinski definition) is 8. The number of anilines is 2. The van der Waals surface area contributed by atoms with E-state index in [1.165, 1.54) is 13.0 Å². The summed E-state index contributed by atoms with van der Waals surface area (Å²) >= 11 is 0. The van der Waals surface area contributed by atoms with Crippen molar-refractivity contribution in [2.75, 3.05) is 36.8 Å². The van der Waals surface area contributed by atoms with Crippen LogP contribution in [0.3, 0.4) is 0 Å². The van der Waals surface area contributed by atoms with Gasteiger partial charge in [0.05, 0.1) is 11.3 Å². The van der Waals surface area contributed by atoms with Crippen molar-refractivity contribution in [1.82, 2.24) is 20.6 Å². The third kappa shape index (κ3) is 7.49. The normalized spacial score (nSPS) is 10.4. The van der Waals surface area contributed by atoms with Crippen molar-refractivity contribution >= 4 is 29.1 Å². The Morgan fingerprint density at radius 1 is 0.861 bits per heavy atom. The van der Waals surface area contributed by atoms with Gasteiger partial charge in [0.25, 0.3) is 5.69 Å². The molecule has 0 radical (unpaired) electrons. The van der Waals surface area contributed by atoms with Gasteiger partial charge in [0.15, 0.2) is 5.82 Å². The van der Waals surface area contributed by atoms with Crippen LogP contribution < -0.4 is 21.3 Å². The van der Waals surface area contributed by atoms with Gasteiger partial charge in [-0.1, -0.05) is 48.5 Å². The number of carbonyl (C=O) groups excluding carboxylic acids is 2. The van der Waals surface area contributed by atoms with Crippen molar-refractivity contribution < 1.29 is 14.5 Å². The summed E-state index contributed by atoms with van der Waals surface area (Å²) in [6.07, 6.45) is -0.0792. The zero-order valence-electron chi connectivity index (χ0n) is 20.2. The van der Waals surface area contributed by atoms with E-state index in [1.807, 2.05) is 37.3 Å². The van der Waals surface area contributed by atoms with E-state index >= 15 is 0 Å². The van der Waals surface area contributed by atoms with Gasteiger partial charge in [0.2, 0.25) is 11.8 Å². The van der Waals surface area contributed by atoms with E-state index in [0.29, 0.717) is 49.2 Å². The molecule has 0 bridgehead atoms. The number of nitrogens with one attached hydrogen (secondary N) is 4. The maximum Gasteiger partial charge on any atom is 0.273 e. The molecule has 0 aliphatic heterocycles. The average molecular weight is 492 g/mol. The zero-order valence-corrected chi connectivity index (χ0v) is 20.2. The molecule has 0 aliphatic rings. The number of nitro benzene ring substituents is 1. The second-order valence-corrected chi connectivity index (χ2v) is 7.98. The van der Waals surface area contributed by atoms with Gasteiger partial charge >= 0.3 is 0 Å². The predicted octanol–water partition coefficient (Wildman–Crippen LogP) is 2.68. The topological polar surface area (TPSA) is 151 Å². The van der Waals surface area contributed by atoms with Gasteiger partial charge < -0.3 is 21.3 Å². The van der Waals surface area contributed by atoms with Gasteiger partial charge in [-0.05, 0) is 6.92 Å². The largest absolute Gasteiger partial charge is 0.368 e. The average Bonchev–Trinajstić information content (AvgIpc) is 2.86. The van der Waals surface area contributed by atoms with Gasteiger partial charge in [-0.15, -0.1) is 0 Å². The summed E-state index contributed by atoms with van der Waals surface area (Å²) in [5.74, 6) is 1.37. The van der Waals surface area contributed by atoms with Crippen LogP contribution in [0.4, 0.5) is 17.3 Å². The highest BCUT2D eigenvalue weighted by molar-refractivity contribution is 5.79. The lowest BCUT2D eigenvalue weighted by Gasteiger charge is -2.16. The Balaban J connectivity index is 1.64. The Kier molecular flexibility index (Phi) is 9.26. The van der Waals surface area contributed by atoms with Crippen molar-refractivity contribution in [2.45, 2.75) is 20.3 Å². The Bertz CT molecular complexity index is 1220. The van der Waals surface area contributed by atoms with Gasteiger partial charge in [-0.2, -0.15) is 0 Å². The van der Waals surface area contributed by atoms with Crippen LogP contribution in [0.2, 0.25) is 0 Å². The summed E-state index contributed by atoms with van der Waals surface area (Å²) in [6.45, 7) is 4.98. The number of hydrogen-bond donors (Lipinski definition) is 4. The molecule has 1 heterocycles. The Hall–Kier alpha value is -4.54. The number of carbonyl (C=O) groups is 2. The van der Waals surface area contributed by atoms with Crippen LogP contribution in [0.25, 0.3) is 11.4 Å². The molecule has 0 unspecified atom stereocenters. The third-order valence-corrected chi connectivity index (χ3v) is 5.25. The first-order valence-corrected chi connectivity index (χ1v) is 11.5. The monoisotopic (exact) mass is 491 g/mol. The summed E-state index contributed by atoms with van der Waals surface area (Å²) in [4.78, 5) is 43.4. The first-order chi connectivity index (χ1) is 17.3. The number of para-hydroxylation sites is 1. The second kappa shape index (κ2) is 12.8. The highest BCUT2D eigenvalue weighted by Crippen LogP contribution is 2.25. The van der Waals surface area contributed by atoms with E-state index in [1.54, 1.807) is 18.2 Å². The van der Waals surface area contributed by atoms with Crippen LogP contribution in [-0.4, -0.2) is 52.9 Å². The van der Waals surface area contributed by atoms with Gasteiger partial charge in [-0.3, -0.25) is 19.7 Å². The molecule has 4 N–H and O–H groups in total. The Morgan fingerprint density at radius 3 is 2.06 bits per heavy atom. The number of aromatic nitrogens is 2. The van der Waals surface area contributed by atoms with Crippen molar-refractivity contribution in [3.8, 4) is 11.4 Å². The van der Waals surface area contributed by atoms with Crippen LogP contribution >= 0.6 is 0 Å². The Labute approximate surface area is 208 Å². The number of nitrogens with zero attached hydrogens (tertiary/aromatic N) is 3. The molecular weight excluding hydrogens is 462 g/mol. The molecule has 2 amide bonds. The third-order valence-electron chi connectivity index (χ3n) is 5.25. The predicted molar refractivity (Wildman–Crippen MR) is 138 cm³/mol. The number of nitro groups is 1. The van der Waals surface area contributed by atoms with E-state index < -0.39 is 4.92 Å². The first-order valence-electron chi connectivity index (χ1n) is 11.5. The molecule has 0 fully saturated rings.